The van der Waals surface area contributed by atoms with Crippen LogP contribution in [-0.2, 0) is 6.42 Å². The molecule has 1 aliphatic rings. The minimum Gasteiger partial charge on any atom is -0.0955 e. The van der Waals surface area contributed by atoms with E-state index in [9.17, 15) is 0 Å². The van der Waals surface area contributed by atoms with E-state index in [1.807, 2.05) is 0 Å². The van der Waals surface area contributed by atoms with Crippen molar-refractivity contribution in [2.75, 3.05) is 0 Å². The van der Waals surface area contributed by atoms with Gasteiger partial charge in [-0.3, -0.25) is 0 Å². The Hall–Kier alpha value is -1.30. The van der Waals surface area contributed by atoms with E-state index in [1.165, 1.54) is 27.8 Å². The highest BCUT2D eigenvalue weighted by Crippen LogP contribution is 2.32. The van der Waals surface area contributed by atoms with Gasteiger partial charge in [-0.05, 0) is 40.5 Å². The molecule has 1 aromatic carbocycles. The molecule has 2 rings (SSSR count). The van der Waals surface area contributed by atoms with Crippen molar-refractivity contribution in [3.05, 3.63) is 52.6 Å². The Balaban J connectivity index is 2.58. The van der Waals surface area contributed by atoms with E-state index in [4.69, 9.17) is 0 Å². The lowest BCUT2D eigenvalue weighted by atomic mass is 9.84. The highest BCUT2D eigenvalue weighted by atomic mass is 14.2. The lowest BCUT2D eigenvalue weighted by molar-refractivity contribution is 0.787. The summed E-state index contributed by atoms with van der Waals surface area (Å²) in [6.07, 6.45) is 5.35. The SMILES string of the molecule is C=C1C=Cc2cc(C(C)C)c(C(C)C)cc2C1. The average Bonchev–Trinajstić information content (AvgIpc) is 2.26. The van der Waals surface area contributed by atoms with Crippen LogP contribution in [0.25, 0.3) is 6.08 Å². The van der Waals surface area contributed by atoms with Crippen molar-refractivity contribution in [2.24, 2.45) is 0 Å². The summed E-state index contributed by atoms with van der Waals surface area (Å²) >= 11 is 0. The van der Waals surface area contributed by atoms with Crippen LogP contribution in [0.2, 0.25) is 0 Å². The van der Waals surface area contributed by atoms with Crippen molar-refractivity contribution in [2.45, 2.75) is 46.0 Å². The Morgan fingerprint density at radius 2 is 1.53 bits per heavy atom. The maximum absolute atomic E-state index is 4.06. The van der Waals surface area contributed by atoms with Gasteiger partial charge in [-0.15, -0.1) is 0 Å². The first-order valence-electron chi connectivity index (χ1n) is 6.51. The van der Waals surface area contributed by atoms with E-state index < -0.39 is 0 Å². The quantitative estimate of drug-likeness (QED) is 0.661. The summed E-state index contributed by atoms with van der Waals surface area (Å²) in [6, 6.07) is 4.77. The van der Waals surface area contributed by atoms with Gasteiger partial charge in [-0.25, -0.2) is 0 Å². The lowest BCUT2D eigenvalue weighted by Gasteiger charge is -2.21. The van der Waals surface area contributed by atoms with E-state index in [0.29, 0.717) is 11.8 Å². The second kappa shape index (κ2) is 4.52. The maximum Gasteiger partial charge on any atom is -0.00256 e. The van der Waals surface area contributed by atoms with Crippen molar-refractivity contribution in [3.63, 3.8) is 0 Å². The fourth-order valence-corrected chi connectivity index (χ4v) is 2.52. The molecule has 90 valence electrons. The second-order valence-electron chi connectivity index (χ2n) is 5.66. The molecule has 0 aromatic heterocycles. The summed E-state index contributed by atoms with van der Waals surface area (Å²) in [4.78, 5) is 0. The zero-order chi connectivity index (χ0) is 12.6. The van der Waals surface area contributed by atoms with E-state index in [-0.39, 0.29) is 0 Å². The van der Waals surface area contributed by atoms with E-state index in [1.54, 1.807) is 0 Å². The molecule has 0 aliphatic heterocycles. The van der Waals surface area contributed by atoms with Crippen LogP contribution < -0.4 is 0 Å². The molecular weight excluding hydrogens is 204 g/mol. The van der Waals surface area contributed by atoms with Gasteiger partial charge in [0.1, 0.15) is 0 Å². The molecule has 0 heteroatoms. The molecule has 17 heavy (non-hydrogen) atoms. The van der Waals surface area contributed by atoms with Crippen LogP contribution in [-0.4, -0.2) is 0 Å². The predicted molar refractivity (Wildman–Crippen MR) is 76.5 cm³/mol. The fourth-order valence-electron chi connectivity index (χ4n) is 2.52. The number of benzene rings is 1. The first kappa shape index (κ1) is 12.2. The Kier molecular flexibility index (Phi) is 3.24. The molecule has 0 saturated heterocycles. The number of allylic oxidation sites excluding steroid dienone is 2. The smallest absolute Gasteiger partial charge is 0.00256 e. The van der Waals surface area contributed by atoms with Gasteiger partial charge >= 0.3 is 0 Å². The lowest BCUT2D eigenvalue weighted by Crippen LogP contribution is -2.05. The number of hydrogen-bond donors (Lipinski definition) is 0. The van der Waals surface area contributed by atoms with Crippen molar-refractivity contribution in [3.8, 4) is 0 Å². The monoisotopic (exact) mass is 226 g/mol. The molecule has 0 fully saturated rings. The minimum atomic E-state index is 0.594. The zero-order valence-corrected chi connectivity index (χ0v) is 11.4. The molecule has 0 spiro atoms. The Labute approximate surface area is 105 Å². The maximum atomic E-state index is 4.06. The van der Waals surface area contributed by atoms with Crippen molar-refractivity contribution in [1.29, 1.82) is 0 Å². The molecule has 0 nitrogen and oxygen atoms in total. The summed E-state index contributed by atoms with van der Waals surface area (Å²) in [5, 5.41) is 0. The van der Waals surface area contributed by atoms with Gasteiger partial charge in [0, 0.05) is 0 Å². The molecule has 0 amide bonds. The van der Waals surface area contributed by atoms with Gasteiger partial charge in [-0.2, -0.15) is 0 Å². The van der Waals surface area contributed by atoms with Gasteiger partial charge < -0.3 is 0 Å². The summed E-state index contributed by atoms with van der Waals surface area (Å²) < 4.78 is 0. The minimum absolute atomic E-state index is 0.594. The van der Waals surface area contributed by atoms with Crippen LogP contribution in [0.5, 0.6) is 0 Å². The Bertz CT molecular complexity index is 473. The Morgan fingerprint density at radius 1 is 0.941 bits per heavy atom. The molecule has 0 saturated carbocycles. The van der Waals surface area contributed by atoms with Gasteiger partial charge in [0.05, 0.1) is 0 Å². The van der Waals surface area contributed by atoms with Crippen LogP contribution in [0.3, 0.4) is 0 Å². The summed E-state index contributed by atoms with van der Waals surface area (Å²) in [5.41, 5.74) is 7.03. The molecular formula is C17H22. The first-order chi connectivity index (χ1) is 7.99. The molecule has 0 heterocycles. The average molecular weight is 226 g/mol. The summed E-state index contributed by atoms with van der Waals surface area (Å²) in [5.74, 6) is 1.19. The topological polar surface area (TPSA) is 0 Å². The van der Waals surface area contributed by atoms with Crippen molar-refractivity contribution in [1.82, 2.24) is 0 Å². The third-order valence-electron chi connectivity index (χ3n) is 3.50. The number of hydrogen-bond acceptors (Lipinski definition) is 0. The van der Waals surface area contributed by atoms with Gasteiger partial charge in [0.2, 0.25) is 0 Å². The highest BCUT2D eigenvalue weighted by molar-refractivity contribution is 5.63. The number of fused-ring (bicyclic) bond motifs is 1. The van der Waals surface area contributed by atoms with Gasteiger partial charge in [-0.1, -0.05) is 64.1 Å². The van der Waals surface area contributed by atoms with Crippen LogP contribution >= 0.6 is 0 Å². The van der Waals surface area contributed by atoms with Gasteiger partial charge in [0.25, 0.3) is 0 Å². The summed E-state index contributed by atoms with van der Waals surface area (Å²) in [6.45, 7) is 13.2. The van der Waals surface area contributed by atoms with Crippen molar-refractivity contribution >= 4 is 6.08 Å². The predicted octanol–water partition coefficient (Wildman–Crippen LogP) is 5.06. The van der Waals surface area contributed by atoms with Crippen LogP contribution in [0.1, 0.15) is 61.8 Å². The third kappa shape index (κ3) is 2.36. The van der Waals surface area contributed by atoms with Crippen molar-refractivity contribution < 1.29 is 0 Å². The number of rotatable bonds is 2. The van der Waals surface area contributed by atoms with E-state index in [2.05, 4.69) is 58.6 Å². The normalized spacial score (nSPS) is 14.6. The molecule has 1 aromatic rings. The highest BCUT2D eigenvalue weighted by Gasteiger charge is 2.15. The molecule has 0 atom stereocenters. The second-order valence-corrected chi connectivity index (χ2v) is 5.66. The molecule has 0 bridgehead atoms. The molecule has 0 radical (unpaired) electrons. The van der Waals surface area contributed by atoms with Crippen LogP contribution in [0, 0.1) is 0 Å². The van der Waals surface area contributed by atoms with Crippen LogP contribution in [0.15, 0.2) is 30.4 Å². The van der Waals surface area contributed by atoms with Crippen LogP contribution in [0.4, 0.5) is 0 Å². The zero-order valence-electron chi connectivity index (χ0n) is 11.4. The van der Waals surface area contributed by atoms with Gasteiger partial charge in [0.15, 0.2) is 0 Å². The molecule has 1 aliphatic carbocycles. The molecule has 0 unspecified atom stereocenters. The first-order valence-corrected chi connectivity index (χ1v) is 6.51. The van der Waals surface area contributed by atoms with E-state index in [0.717, 1.165) is 6.42 Å². The Morgan fingerprint density at radius 3 is 2.12 bits per heavy atom. The largest absolute Gasteiger partial charge is 0.0955 e. The third-order valence-corrected chi connectivity index (χ3v) is 3.50. The standard InChI is InChI=1S/C17H22/c1-11(2)16-9-14-7-6-13(5)8-15(14)10-17(16)12(3)4/h6-7,9-12H,5,8H2,1-4H3. The summed E-state index contributed by atoms with van der Waals surface area (Å²) in [7, 11) is 0. The molecule has 0 N–H and O–H groups in total. The van der Waals surface area contributed by atoms with E-state index >= 15 is 0 Å². The fraction of sp³-hybridized carbons (Fsp3) is 0.412.